The van der Waals surface area contributed by atoms with Crippen LogP contribution in [-0.4, -0.2) is 42.5 Å². The second-order valence-electron chi connectivity index (χ2n) is 3.84. The maximum absolute atomic E-state index is 12.0. The van der Waals surface area contributed by atoms with Gasteiger partial charge in [0.1, 0.15) is 5.54 Å². The lowest BCUT2D eigenvalue weighted by atomic mass is 9.97. The first kappa shape index (κ1) is 14.7. The summed E-state index contributed by atoms with van der Waals surface area (Å²) in [5.74, 6) is -2.68. The highest BCUT2D eigenvalue weighted by Gasteiger charge is 2.44. The van der Waals surface area contributed by atoms with Gasteiger partial charge < -0.3 is 10.2 Å². The number of halogens is 3. The normalized spacial score (nSPS) is 15.2. The smallest absolute Gasteiger partial charge is 0.347 e. The van der Waals surface area contributed by atoms with Crippen molar-refractivity contribution < 1.29 is 22.8 Å². The van der Waals surface area contributed by atoms with Gasteiger partial charge in [-0.05, 0) is 13.3 Å². The van der Waals surface area contributed by atoms with E-state index in [0.717, 1.165) is 4.90 Å². The molecule has 0 aliphatic heterocycles. The lowest BCUT2D eigenvalue weighted by molar-refractivity contribution is -0.176. The van der Waals surface area contributed by atoms with E-state index in [2.05, 4.69) is 0 Å². The molecule has 4 nitrogen and oxygen atoms in total. The number of amides is 2. The number of carbonyl (C=O) groups excluding carboxylic acids is 2. The molecule has 16 heavy (non-hydrogen) atoms. The molecule has 0 aliphatic carbocycles. The van der Waals surface area contributed by atoms with E-state index in [1.807, 2.05) is 0 Å². The minimum absolute atomic E-state index is 0.0752. The third-order valence-corrected chi connectivity index (χ3v) is 2.23. The van der Waals surface area contributed by atoms with Crippen LogP contribution in [0.3, 0.4) is 0 Å². The SMILES string of the molecule is CCC(C)(NC(=O)C(F)(F)F)C(=O)N(C)C. The summed E-state index contributed by atoms with van der Waals surface area (Å²) in [6.07, 6.45) is -4.91. The molecular formula is C9H15F3N2O2. The van der Waals surface area contributed by atoms with Crippen LogP contribution in [0, 0.1) is 0 Å². The molecule has 0 fully saturated rings. The number of hydrogen-bond donors (Lipinski definition) is 1. The van der Waals surface area contributed by atoms with Crippen LogP contribution < -0.4 is 5.32 Å². The summed E-state index contributed by atoms with van der Waals surface area (Å²) in [6.45, 7) is 2.79. The van der Waals surface area contributed by atoms with Crippen molar-refractivity contribution in [2.75, 3.05) is 14.1 Å². The van der Waals surface area contributed by atoms with Gasteiger partial charge in [0.15, 0.2) is 0 Å². The van der Waals surface area contributed by atoms with Crippen LogP contribution in [-0.2, 0) is 9.59 Å². The average Bonchev–Trinajstić information content (AvgIpc) is 2.14. The first-order chi connectivity index (χ1) is 7.04. The first-order valence-electron chi connectivity index (χ1n) is 4.65. The highest BCUT2D eigenvalue weighted by atomic mass is 19.4. The van der Waals surface area contributed by atoms with Gasteiger partial charge >= 0.3 is 12.1 Å². The van der Waals surface area contributed by atoms with Crippen molar-refractivity contribution in [1.29, 1.82) is 0 Å². The fourth-order valence-electron chi connectivity index (χ4n) is 1.11. The molecule has 1 N–H and O–H groups in total. The number of carbonyl (C=O) groups is 2. The Bertz CT molecular complexity index is 289. The Hall–Kier alpha value is -1.27. The molecule has 0 spiro atoms. The number of rotatable bonds is 3. The predicted molar refractivity (Wildman–Crippen MR) is 51.6 cm³/mol. The molecule has 1 atom stereocenters. The summed E-state index contributed by atoms with van der Waals surface area (Å²) in [6, 6.07) is 0. The summed E-state index contributed by atoms with van der Waals surface area (Å²) >= 11 is 0. The zero-order valence-corrected chi connectivity index (χ0v) is 9.60. The van der Waals surface area contributed by atoms with Crippen LogP contribution in [0.2, 0.25) is 0 Å². The Morgan fingerprint density at radius 2 is 1.69 bits per heavy atom. The van der Waals surface area contributed by atoms with E-state index < -0.39 is 23.5 Å². The molecule has 7 heteroatoms. The second kappa shape index (κ2) is 4.71. The van der Waals surface area contributed by atoms with Gasteiger partial charge in [-0.2, -0.15) is 13.2 Å². The zero-order valence-electron chi connectivity index (χ0n) is 9.60. The van der Waals surface area contributed by atoms with Crippen LogP contribution in [0.15, 0.2) is 0 Å². The molecule has 2 amide bonds. The molecule has 0 aromatic carbocycles. The maximum atomic E-state index is 12.0. The number of nitrogens with one attached hydrogen (secondary N) is 1. The fraction of sp³-hybridized carbons (Fsp3) is 0.778. The number of likely N-dealkylation sites (N-methyl/N-ethyl adjacent to an activating group) is 1. The molecule has 0 saturated heterocycles. The van der Waals surface area contributed by atoms with Crippen molar-refractivity contribution in [1.82, 2.24) is 10.2 Å². The topological polar surface area (TPSA) is 49.4 Å². The molecular weight excluding hydrogens is 225 g/mol. The van der Waals surface area contributed by atoms with Crippen LogP contribution in [0.25, 0.3) is 0 Å². The standard InChI is InChI=1S/C9H15F3N2O2/c1-5-8(2,7(16)14(3)4)13-6(15)9(10,11)12/h5H2,1-4H3,(H,13,15). The van der Waals surface area contributed by atoms with Crippen LogP contribution in [0.5, 0.6) is 0 Å². The van der Waals surface area contributed by atoms with Crippen molar-refractivity contribution in [3.63, 3.8) is 0 Å². The second-order valence-corrected chi connectivity index (χ2v) is 3.84. The van der Waals surface area contributed by atoms with E-state index in [1.54, 1.807) is 5.32 Å². The molecule has 0 rings (SSSR count). The summed E-state index contributed by atoms with van der Waals surface area (Å²) in [7, 11) is 2.83. The van der Waals surface area contributed by atoms with Crippen molar-refractivity contribution >= 4 is 11.8 Å². The Kier molecular flexibility index (Phi) is 4.34. The van der Waals surface area contributed by atoms with Crippen LogP contribution in [0.1, 0.15) is 20.3 Å². The zero-order chi connectivity index (χ0) is 13.1. The summed E-state index contributed by atoms with van der Waals surface area (Å²) in [5.41, 5.74) is -1.53. The number of hydrogen-bond acceptors (Lipinski definition) is 2. The molecule has 1 unspecified atom stereocenters. The van der Waals surface area contributed by atoms with Crippen molar-refractivity contribution in [2.24, 2.45) is 0 Å². The molecule has 0 aliphatic rings. The van der Waals surface area contributed by atoms with E-state index in [-0.39, 0.29) is 6.42 Å². The molecule has 0 heterocycles. The minimum Gasteiger partial charge on any atom is -0.347 e. The van der Waals surface area contributed by atoms with Crippen molar-refractivity contribution in [3.05, 3.63) is 0 Å². The minimum atomic E-state index is -4.98. The Labute approximate surface area is 91.8 Å². The highest BCUT2D eigenvalue weighted by Crippen LogP contribution is 2.19. The van der Waals surface area contributed by atoms with Crippen molar-refractivity contribution in [3.8, 4) is 0 Å². The van der Waals surface area contributed by atoms with Gasteiger partial charge in [0.05, 0.1) is 0 Å². The van der Waals surface area contributed by atoms with Gasteiger partial charge in [0, 0.05) is 14.1 Å². The molecule has 0 aromatic rings. The monoisotopic (exact) mass is 240 g/mol. The van der Waals surface area contributed by atoms with E-state index in [1.165, 1.54) is 27.9 Å². The average molecular weight is 240 g/mol. The van der Waals surface area contributed by atoms with E-state index in [4.69, 9.17) is 0 Å². The Balaban J connectivity index is 4.88. The van der Waals surface area contributed by atoms with Gasteiger partial charge in [-0.15, -0.1) is 0 Å². The quantitative estimate of drug-likeness (QED) is 0.797. The van der Waals surface area contributed by atoms with E-state index in [0.29, 0.717) is 0 Å². The van der Waals surface area contributed by atoms with Gasteiger partial charge in [-0.25, -0.2) is 0 Å². The Morgan fingerprint density at radius 1 is 1.25 bits per heavy atom. The largest absolute Gasteiger partial charge is 0.471 e. The third kappa shape index (κ3) is 3.39. The molecule has 94 valence electrons. The first-order valence-corrected chi connectivity index (χ1v) is 4.65. The van der Waals surface area contributed by atoms with E-state index >= 15 is 0 Å². The Morgan fingerprint density at radius 3 is 1.94 bits per heavy atom. The highest BCUT2D eigenvalue weighted by molar-refractivity contribution is 5.92. The molecule has 0 bridgehead atoms. The van der Waals surface area contributed by atoms with Gasteiger partial charge in [-0.3, -0.25) is 9.59 Å². The third-order valence-electron chi connectivity index (χ3n) is 2.23. The van der Waals surface area contributed by atoms with E-state index in [9.17, 15) is 22.8 Å². The fourth-order valence-corrected chi connectivity index (χ4v) is 1.11. The van der Waals surface area contributed by atoms with Gasteiger partial charge in [0.2, 0.25) is 5.91 Å². The predicted octanol–water partition coefficient (Wildman–Crippen LogP) is 0.922. The number of alkyl halides is 3. The van der Waals surface area contributed by atoms with Gasteiger partial charge in [0.25, 0.3) is 0 Å². The van der Waals surface area contributed by atoms with Crippen LogP contribution >= 0.6 is 0 Å². The summed E-state index contributed by atoms with van der Waals surface area (Å²) in [4.78, 5) is 23.5. The molecule has 0 saturated carbocycles. The molecule has 0 radical (unpaired) electrons. The van der Waals surface area contributed by atoms with Crippen LogP contribution in [0.4, 0.5) is 13.2 Å². The lowest BCUT2D eigenvalue weighted by Crippen LogP contribution is -2.58. The number of nitrogens with zero attached hydrogens (tertiary/aromatic N) is 1. The van der Waals surface area contributed by atoms with Crippen molar-refractivity contribution in [2.45, 2.75) is 32.0 Å². The summed E-state index contributed by atoms with van der Waals surface area (Å²) in [5, 5.41) is 1.71. The summed E-state index contributed by atoms with van der Waals surface area (Å²) < 4.78 is 36.1. The molecule has 0 aromatic heterocycles. The van der Waals surface area contributed by atoms with Gasteiger partial charge in [-0.1, -0.05) is 6.92 Å². The lowest BCUT2D eigenvalue weighted by Gasteiger charge is -2.31. The maximum Gasteiger partial charge on any atom is 0.471 e.